The van der Waals surface area contributed by atoms with Crippen LogP contribution in [0.1, 0.15) is 17.5 Å². The largest absolute Gasteiger partial charge is 0.481 e. The first kappa shape index (κ1) is 18.3. The molecule has 2 N–H and O–H groups in total. The SMILES string of the molecule is O=C(O)C[C@@H](Cc1ccccc1Cl)NC(=O)Cc1cccc(Cl)c1. The van der Waals surface area contributed by atoms with Gasteiger partial charge in [-0.2, -0.15) is 0 Å². The van der Waals surface area contributed by atoms with Crippen LogP contribution in [0.5, 0.6) is 0 Å². The van der Waals surface area contributed by atoms with Gasteiger partial charge in [0, 0.05) is 16.1 Å². The number of carboxylic acids is 1. The van der Waals surface area contributed by atoms with Gasteiger partial charge in [-0.1, -0.05) is 53.5 Å². The molecule has 24 heavy (non-hydrogen) atoms. The van der Waals surface area contributed by atoms with Crippen LogP contribution in [0.4, 0.5) is 0 Å². The minimum atomic E-state index is -0.977. The van der Waals surface area contributed by atoms with Gasteiger partial charge in [-0.3, -0.25) is 9.59 Å². The monoisotopic (exact) mass is 365 g/mol. The van der Waals surface area contributed by atoms with Gasteiger partial charge in [-0.25, -0.2) is 0 Å². The Labute approximate surface area is 150 Å². The maximum absolute atomic E-state index is 12.2. The van der Waals surface area contributed by atoms with Gasteiger partial charge in [0.05, 0.1) is 12.8 Å². The summed E-state index contributed by atoms with van der Waals surface area (Å²) in [6, 6.07) is 13.7. The zero-order valence-corrected chi connectivity index (χ0v) is 14.3. The van der Waals surface area contributed by atoms with E-state index in [9.17, 15) is 9.59 Å². The zero-order chi connectivity index (χ0) is 17.5. The third-order valence-electron chi connectivity index (χ3n) is 3.46. The number of carbonyl (C=O) groups excluding carboxylic acids is 1. The van der Waals surface area contributed by atoms with Crippen molar-refractivity contribution in [1.29, 1.82) is 0 Å². The smallest absolute Gasteiger partial charge is 0.305 e. The van der Waals surface area contributed by atoms with Crippen molar-refractivity contribution in [2.75, 3.05) is 0 Å². The summed E-state index contributed by atoms with van der Waals surface area (Å²) >= 11 is 12.0. The Balaban J connectivity index is 2.03. The van der Waals surface area contributed by atoms with Crippen LogP contribution in [-0.2, 0) is 22.4 Å². The van der Waals surface area contributed by atoms with Crippen LogP contribution < -0.4 is 5.32 Å². The Kier molecular flexibility index (Phi) is 6.64. The van der Waals surface area contributed by atoms with Crippen LogP contribution >= 0.6 is 23.2 Å². The molecule has 0 fully saturated rings. The van der Waals surface area contributed by atoms with Crippen LogP contribution in [-0.4, -0.2) is 23.0 Å². The lowest BCUT2D eigenvalue weighted by Crippen LogP contribution is -2.39. The van der Waals surface area contributed by atoms with E-state index in [4.69, 9.17) is 28.3 Å². The van der Waals surface area contributed by atoms with E-state index in [0.29, 0.717) is 16.5 Å². The van der Waals surface area contributed by atoms with Gasteiger partial charge < -0.3 is 10.4 Å². The predicted molar refractivity (Wildman–Crippen MR) is 94.5 cm³/mol. The van der Waals surface area contributed by atoms with Crippen LogP contribution in [0.3, 0.4) is 0 Å². The number of benzene rings is 2. The van der Waals surface area contributed by atoms with Crippen molar-refractivity contribution in [3.05, 3.63) is 69.7 Å². The summed E-state index contributed by atoms with van der Waals surface area (Å²) in [6.07, 6.45) is 0.318. The molecule has 126 valence electrons. The van der Waals surface area contributed by atoms with Crippen molar-refractivity contribution in [2.45, 2.75) is 25.3 Å². The van der Waals surface area contributed by atoms with Crippen molar-refractivity contribution in [3.8, 4) is 0 Å². The molecule has 0 aliphatic rings. The molecule has 0 aliphatic carbocycles. The van der Waals surface area contributed by atoms with E-state index in [1.807, 2.05) is 12.1 Å². The summed E-state index contributed by atoms with van der Waals surface area (Å²) in [5, 5.41) is 12.9. The van der Waals surface area contributed by atoms with E-state index in [1.54, 1.807) is 36.4 Å². The Bertz CT molecular complexity index is 734. The molecular weight excluding hydrogens is 349 g/mol. The predicted octanol–water partition coefficient (Wildman–Crippen LogP) is 3.74. The second-order valence-electron chi connectivity index (χ2n) is 5.46. The number of amides is 1. The molecule has 0 saturated heterocycles. The summed E-state index contributed by atoms with van der Waals surface area (Å²) in [6.45, 7) is 0. The van der Waals surface area contributed by atoms with Crippen molar-refractivity contribution in [1.82, 2.24) is 5.32 Å². The maximum Gasteiger partial charge on any atom is 0.305 e. The number of carboxylic acid groups (broad SMARTS) is 1. The lowest BCUT2D eigenvalue weighted by molar-refractivity contribution is -0.137. The summed E-state index contributed by atoms with van der Waals surface area (Å²) in [5.41, 5.74) is 1.57. The number of nitrogens with one attached hydrogen (secondary N) is 1. The molecule has 6 heteroatoms. The molecule has 0 aliphatic heterocycles. The van der Waals surface area contributed by atoms with E-state index in [0.717, 1.165) is 11.1 Å². The highest BCUT2D eigenvalue weighted by Gasteiger charge is 2.18. The highest BCUT2D eigenvalue weighted by molar-refractivity contribution is 6.31. The quantitative estimate of drug-likeness (QED) is 0.785. The van der Waals surface area contributed by atoms with Gasteiger partial charge in [0.2, 0.25) is 5.91 Å². The molecular formula is C18H17Cl2NO3. The number of aliphatic carboxylic acids is 1. The van der Waals surface area contributed by atoms with Crippen molar-refractivity contribution < 1.29 is 14.7 Å². The summed E-state index contributed by atoms with van der Waals surface area (Å²) < 4.78 is 0. The number of carbonyl (C=O) groups is 2. The van der Waals surface area contributed by atoms with Gasteiger partial charge in [0.25, 0.3) is 0 Å². The average Bonchev–Trinajstić information content (AvgIpc) is 2.48. The fourth-order valence-corrected chi connectivity index (χ4v) is 2.85. The van der Waals surface area contributed by atoms with E-state index < -0.39 is 12.0 Å². The normalized spacial score (nSPS) is 11.8. The van der Waals surface area contributed by atoms with Crippen LogP contribution in [0.25, 0.3) is 0 Å². The van der Waals surface area contributed by atoms with E-state index in [-0.39, 0.29) is 18.7 Å². The first-order chi connectivity index (χ1) is 11.4. The summed E-state index contributed by atoms with van der Waals surface area (Å²) in [7, 11) is 0. The number of rotatable bonds is 7. The van der Waals surface area contributed by atoms with E-state index in [2.05, 4.69) is 5.32 Å². The summed E-state index contributed by atoms with van der Waals surface area (Å²) in [5.74, 6) is -1.23. The van der Waals surface area contributed by atoms with Gasteiger partial charge >= 0.3 is 5.97 Å². The Hall–Kier alpha value is -2.04. The lowest BCUT2D eigenvalue weighted by Gasteiger charge is -2.18. The molecule has 0 unspecified atom stereocenters. The van der Waals surface area contributed by atoms with Crippen LogP contribution in [0.15, 0.2) is 48.5 Å². The highest BCUT2D eigenvalue weighted by atomic mass is 35.5. The van der Waals surface area contributed by atoms with Crippen molar-refractivity contribution >= 4 is 35.1 Å². The third-order valence-corrected chi connectivity index (χ3v) is 4.07. The molecule has 0 saturated carbocycles. The topological polar surface area (TPSA) is 66.4 Å². The number of hydrogen-bond acceptors (Lipinski definition) is 2. The molecule has 0 radical (unpaired) electrons. The zero-order valence-electron chi connectivity index (χ0n) is 12.8. The molecule has 0 heterocycles. The molecule has 2 rings (SSSR count). The van der Waals surface area contributed by atoms with Gasteiger partial charge in [0.15, 0.2) is 0 Å². The highest BCUT2D eigenvalue weighted by Crippen LogP contribution is 2.18. The van der Waals surface area contributed by atoms with E-state index >= 15 is 0 Å². The van der Waals surface area contributed by atoms with Gasteiger partial charge in [-0.15, -0.1) is 0 Å². The van der Waals surface area contributed by atoms with Gasteiger partial charge in [-0.05, 0) is 35.7 Å². The lowest BCUT2D eigenvalue weighted by atomic mass is 10.0. The Morgan fingerprint density at radius 2 is 1.83 bits per heavy atom. The fraction of sp³-hybridized carbons (Fsp3) is 0.222. The fourth-order valence-electron chi connectivity index (χ4n) is 2.43. The molecule has 1 amide bonds. The van der Waals surface area contributed by atoms with Crippen LogP contribution in [0, 0.1) is 0 Å². The molecule has 4 nitrogen and oxygen atoms in total. The minimum Gasteiger partial charge on any atom is -0.481 e. The van der Waals surface area contributed by atoms with Crippen molar-refractivity contribution in [2.24, 2.45) is 0 Å². The second-order valence-corrected chi connectivity index (χ2v) is 6.31. The molecule has 2 aromatic carbocycles. The Morgan fingerprint density at radius 3 is 2.50 bits per heavy atom. The summed E-state index contributed by atoms with van der Waals surface area (Å²) in [4.78, 5) is 23.3. The first-order valence-corrected chi connectivity index (χ1v) is 8.18. The molecule has 0 aromatic heterocycles. The minimum absolute atomic E-state index is 0.138. The maximum atomic E-state index is 12.2. The van der Waals surface area contributed by atoms with Gasteiger partial charge in [0.1, 0.15) is 0 Å². The number of halogens is 2. The third kappa shape index (κ3) is 5.87. The molecule has 0 spiro atoms. The standard InChI is InChI=1S/C18H17Cl2NO3/c19-14-6-3-4-12(8-14)9-17(22)21-15(11-18(23)24)10-13-5-1-2-7-16(13)20/h1-8,15H,9-11H2,(H,21,22)(H,23,24)/t15-/m1/s1. The number of hydrogen-bond donors (Lipinski definition) is 2. The second kappa shape index (κ2) is 8.71. The Morgan fingerprint density at radius 1 is 1.08 bits per heavy atom. The van der Waals surface area contributed by atoms with Crippen molar-refractivity contribution in [3.63, 3.8) is 0 Å². The van der Waals surface area contributed by atoms with Crippen LogP contribution in [0.2, 0.25) is 10.0 Å². The molecule has 0 bridgehead atoms. The average molecular weight is 366 g/mol. The molecule has 2 aromatic rings. The molecule has 1 atom stereocenters. The first-order valence-electron chi connectivity index (χ1n) is 7.43. The van der Waals surface area contributed by atoms with E-state index in [1.165, 1.54) is 0 Å².